The van der Waals surface area contributed by atoms with E-state index >= 15 is 0 Å². The minimum absolute atomic E-state index is 0.0354. The van der Waals surface area contributed by atoms with Crippen LogP contribution in [-0.2, 0) is 16.6 Å². The standard InChI is InChI=1S/C38H41BrN8O6/c1-43-18-24(15-25(19-43)41-29-17-40-44(2)37(53)32(29)39)22-3-5-23(6-4-22)34(50)45-13-11-38(12-14-45)20-46(21-38)26-7-8-27-28(16-26)36(52)47(35(27)51)30-9-10-31(48)42-33(30)49/h3-8,16-17,24-25,30,41H,9-15,18-21H2,1-2H3,(H,42,48,49). The molecule has 5 aliphatic heterocycles. The van der Waals surface area contributed by atoms with E-state index < -0.39 is 29.7 Å². The van der Waals surface area contributed by atoms with Crippen molar-refractivity contribution in [3.8, 4) is 0 Å². The van der Waals surface area contributed by atoms with Gasteiger partial charge in [0.25, 0.3) is 23.3 Å². The number of piperidine rings is 3. The molecule has 8 rings (SSSR count). The van der Waals surface area contributed by atoms with Crippen LogP contribution in [0.4, 0.5) is 11.4 Å². The van der Waals surface area contributed by atoms with Gasteiger partial charge >= 0.3 is 0 Å². The lowest BCUT2D eigenvalue weighted by molar-refractivity contribution is -0.136. The zero-order chi connectivity index (χ0) is 37.2. The third-order valence-electron chi connectivity index (χ3n) is 11.7. The van der Waals surface area contributed by atoms with Gasteiger partial charge in [0, 0.05) is 75.4 Å². The van der Waals surface area contributed by atoms with E-state index in [1.54, 1.807) is 25.4 Å². The molecule has 53 heavy (non-hydrogen) atoms. The number of aryl methyl sites for hydroxylation is 1. The summed E-state index contributed by atoms with van der Waals surface area (Å²) in [6.07, 6.45) is 4.50. The molecule has 2 N–H and O–H groups in total. The quantitative estimate of drug-likeness (QED) is 0.357. The van der Waals surface area contributed by atoms with Gasteiger partial charge in [-0.3, -0.25) is 39.0 Å². The minimum Gasteiger partial charge on any atom is -0.379 e. The zero-order valence-electron chi connectivity index (χ0n) is 29.6. The monoisotopic (exact) mass is 784 g/mol. The number of anilines is 2. The van der Waals surface area contributed by atoms with Crippen molar-refractivity contribution in [3.05, 3.63) is 85.7 Å². The molecule has 1 spiro atoms. The number of hydrogen-bond acceptors (Lipinski definition) is 10. The van der Waals surface area contributed by atoms with Crippen LogP contribution in [0.3, 0.4) is 0 Å². The Morgan fingerprint density at radius 1 is 0.943 bits per heavy atom. The molecule has 0 saturated carbocycles. The van der Waals surface area contributed by atoms with Gasteiger partial charge in [-0.25, -0.2) is 4.68 Å². The number of amides is 5. The number of rotatable bonds is 6. The Hall–Kier alpha value is -4.89. The molecule has 0 bridgehead atoms. The van der Waals surface area contributed by atoms with Gasteiger partial charge in [-0.2, -0.15) is 5.10 Å². The van der Waals surface area contributed by atoms with Gasteiger partial charge in [-0.05, 0) is 90.5 Å². The molecule has 4 fully saturated rings. The summed E-state index contributed by atoms with van der Waals surface area (Å²) in [5, 5.41) is 9.88. The predicted molar refractivity (Wildman–Crippen MR) is 199 cm³/mol. The van der Waals surface area contributed by atoms with Gasteiger partial charge in [-0.1, -0.05) is 12.1 Å². The maximum absolute atomic E-state index is 13.6. The molecule has 5 aliphatic rings. The largest absolute Gasteiger partial charge is 0.379 e. The molecule has 14 nitrogen and oxygen atoms in total. The van der Waals surface area contributed by atoms with Crippen LogP contribution < -0.4 is 21.1 Å². The first kappa shape index (κ1) is 35.2. The number of halogens is 1. The Morgan fingerprint density at radius 2 is 1.66 bits per heavy atom. The van der Waals surface area contributed by atoms with Crippen molar-refractivity contribution in [2.24, 2.45) is 12.5 Å². The number of carbonyl (C=O) groups is 5. The van der Waals surface area contributed by atoms with Crippen LogP contribution in [0.1, 0.15) is 74.7 Å². The number of benzene rings is 2. The molecule has 2 aromatic carbocycles. The van der Waals surface area contributed by atoms with Gasteiger partial charge in [0.1, 0.15) is 10.5 Å². The smallest absolute Gasteiger partial charge is 0.282 e. The first-order valence-corrected chi connectivity index (χ1v) is 18.9. The van der Waals surface area contributed by atoms with E-state index in [2.05, 4.69) is 60.6 Å². The summed E-state index contributed by atoms with van der Waals surface area (Å²) in [5.74, 6) is -1.74. The van der Waals surface area contributed by atoms with E-state index in [9.17, 15) is 28.8 Å². The normalized spacial score (nSPS) is 24.3. The second-order valence-electron chi connectivity index (χ2n) is 15.2. The third-order valence-corrected chi connectivity index (χ3v) is 12.4. The summed E-state index contributed by atoms with van der Waals surface area (Å²) in [7, 11) is 3.71. The second kappa shape index (κ2) is 13.5. The van der Waals surface area contributed by atoms with Crippen LogP contribution in [0, 0.1) is 5.41 Å². The van der Waals surface area contributed by atoms with E-state index in [4.69, 9.17) is 0 Å². The molecule has 0 aliphatic carbocycles. The predicted octanol–water partition coefficient (Wildman–Crippen LogP) is 2.59. The number of nitrogens with one attached hydrogen (secondary N) is 2. The van der Waals surface area contributed by atoms with Crippen LogP contribution in [0.15, 0.2) is 57.9 Å². The average Bonchev–Trinajstić information content (AvgIpc) is 3.38. The molecule has 3 unspecified atom stereocenters. The molecular weight excluding hydrogens is 744 g/mol. The van der Waals surface area contributed by atoms with Crippen molar-refractivity contribution in [1.82, 2.24) is 29.8 Å². The number of aromatic nitrogens is 2. The fourth-order valence-corrected chi connectivity index (χ4v) is 9.15. The summed E-state index contributed by atoms with van der Waals surface area (Å²) < 4.78 is 1.77. The summed E-state index contributed by atoms with van der Waals surface area (Å²) >= 11 is 3.42. The highest BCUT2D eigenvalue weighted by molar-refractivity contribution is 9.10. The molecule has 3 atom stereocenters. The first-order chi connectivity index (χ1) is 25.4. The Bertz CT molecular complexity index is 2090. The first-order valence-electron chi connectivity index (χ1n) is 18.1. The highest BCUT2D eigenvalue weighted by Crippen LogP contribution is 2.44. The fraction of sp³-hybridized carbons (Fsp3) is 0.447. The van der Waals surface area contributed by atoms with E-state index in [0.717, 1.165) is 56.0 Å². The van der Waals surface area contributed by atoms with Crippen LogP contribution in [-0.4, -0.2) is 112 Å². The summed E-state index contributed by atoms with van der Waals surface area (Å²) in [6.45, 7) is 4.65. The topological polar surface area (TPSA) is 157 Å². The maximum Gasteiger partial charge on any atom is 0.282 e. The van der Waals surface area contributed by atoms with Crippen molar-refractivity contribution in [2.75, 3.05) is 56.5 Å². The summed E-state index contributed by atoms with van der Waals surface area (Å²) in [6, 6.07) is 12.4. The molecule has 4 saturated heterocycles. The molecule has 3 aromatic rings. The molecule has 6 heterocycles. The SMILES string of the molecule is CN1CC(Nc2cnn(C)c(=O)c2Br)CC(c2ccc(C(=O)N3CCC4(CC3)CN(c3ccc5c(c3)C(=O)N(C3CCC(=O)NC3=O)C5=O)C4)cc2)C1. The molecule has 0 radical (unpaired) electrons. The molecule has 5 amide bonds. The van der Waals surface area contributed by atoms with Gasteiger partial charge in [0.15, 0.2) is 0 Å². The molecule has 15 heteroatoms. The number of fused-ring (bicyclic) bond motifs is 1. The highest BCUT2D eigenvalue weighted by atomic mass is 79.9. The van der Waals surface area contributed by atoms with Gasteiger partial charge in [0.05, 0.1) is 23.0 Å². The number of carbonyl (C=O) groups excluding carboxylic acids is 5. The molecule has 1 aromatic heterocycles. The van der Waals surface area contributed by atoms with Crippen molar-refractivity contribution < 1.29 is 24.0 Å². The summed E-state index contributed by atoms with van der Waals surface area (Å²) in [5.41, 5.74) is 3.83. The number of imide groups is 2. The van der Waals surface area contributed by atoms with Gasteiger partial charge < -0.3 is 20.0 Å². The Labute approximate surface area is 314 Å². The van der Waals surface area contributed by atoms with Crippen molar-refractivity contribution in [2.45, 2.75) is 50.1 Å². The van der Waals surface area contributed by atoms with Crippen molar-refractivity contribution in [3.63, 3.8) is 0 Å². The maximum atomic E-state index is 13.6. The Balaban J connectivity index is 0.851. The number of nitrogens with zero attached hydrogens (tertiary/aromatic N) is 6. The van der Waals surface area contributed by atoms with E-state index in [1.165, 1.54) is 10.2 Å². The third kappa shape index (κ3) is 6.43. The summed E-state index contributed by atoms with van der Waals surface area (Å²) in [4.78, 5) is 83.8. The van der Waals surface area contributed by atoms with Crippen LogP contribution >= 0.6 is 15.9 Å². The Kier molecular flexibility index (Phi) is 8.96. The lowest BCUT2D eigenvalue weighted by Gasteiger charge is -2.55. The zero-order valence-corrected chi connectivity index (χ0v) is 31.2. The van der Waals surface area contributed by atoms with Crippen molar-refractivity contribution in [1.29, 1.82) is 0 Å². The van der Waals surface area contributed by atoms with Crippen LogP contribution in [0.25, 0.3) is 0 Å². The van der Waals surface area contributed by atoms with E-state index in [1.807, 2.05) is 23.1 Å². The lowest BCUT2D eigenvalue weighted by atomic mass is 9.71. The fourth-order valence-electron chi connectivity index (χ4n) is 8.68. The highest BCUT2D eigenvalue weighted by Gasteiger charge is 2.48. The van der Waals surface area contributed by atoms with Crippen molar-refractivity contribution >= 4 is 56.8 Å². The number of hydrogen-bond donors (Lipinski definition) is 2. The molecule has 276 valence electrons. The average molecular weight is 786 g/mol. The number of likely N-dealkylation sites (N-methyl/N-ethyl adjacent to an activating group) is 1. The minimum atomic E-state index is -0.989. The second-order valence-corrected chi connectivity index (χ2v) is 16.0. The van der Waals surface area contributed by atoms with E-state index in [0.29, 0.717) is 28.8 Å². The van der Waals surface area contributed by atoms with Crippen LogP contribution in [0.5, 0.6) is 0 Å². The lowest BCUT2D eigenvalue weighted by Crippen LogP contribution is -2.61. The van der Waals surface area contributed by atoms with Crippen LogP contribution in [0.2, 0.25) is 0 Å². The molecular formula is C38H41BrN8O6. The Morgan fingerprint density at radius 3 is 2.38 bits per heavy atom. The number of likely N-dealkylation sites (tertiary alicyclic amines) is 2. The van der Waals surface area contributed by atoms with E-state index in [-0.39, 0.29) is 52.8 Å². The van der Waals surface area contributed by atoms with Gasteiger partial charge in [0.2, 0.25) is 11.8 Å². The van der Waals surface area contributed by atoms with Gasteiger partial charge in [-0.15, -0.1) is 0 Å².